The van der Waals surface area contributed by atoms with E-state index in [0.29, 0.717) is 34.3 Å². The fourth-order valence-electron chi connectivity index (χ4n) is 1.87. The van der Waals surface area contributed by atoms with Crippen molar-refractivity contribution in [2.75, 3.05) is 21.3 Å². The van der Waals surface area contributed by atoms with Gasteiger partial charge in [-0.15, -0.1) is 0 Å². The van der Waals surface area contributed by atoms with Crippen LogP contribution in [0.15, 0.2) is 36.4 Å². The van der Waals surface area contributed by atoms with Gasteiger partial charge < -0.3 is 18.9 Å². The Morgan fingerprint density at radius 3 is 1.81 bits per heavy atom. The molecular weight excluding hydrogens is 272 g/mol. The quantitative estimate of drug-likeness (QED) is 0.763. The van der Waals surface area contributed by atoms with E-state index < -0.39 is 0 Å². The van der Waals surface area contributed by atoms with E-state index in [9.17, 15) is 4.79 Å². The van der Waals surface area contributed by atoms with Crippen LogP contribution in [-0.4, -0.2) is 27.6 Å². The molecule has 0 aliphatic rings. The lowest BCUT2D eigenvalue weighted by atomic mass is 10.2. The molecule has 5 heteroatoms. The maximum atomic E-state index is 10.6. The van der Waals surface area contributed by atoms with Crippen LogP contribution in [-0.2, 0) is 0 Å². The van der Waals surface area contributed by atoms with Crippen molar-refractivity contribution in [3.8, 4) is 28.7 Å². The second kappa shape index (κ2) is 6.65. The van der Waals surface area contributed by atoms with Crippen LogP contribution in [0, 0.1) is 0 Å². The number of ether oxygens (including phenoxy) is 4. The SMILES string of the molecule is COc1cc(Oc2ccc(C=O)cc2)cc(OC)c1OC. The van der Waals surface area contributed by atoms with Gasteiger partial charge in [0.15, 0.2) is 11.5 Å². The first-order valence-electron chi connectivity index (χ1n) is 6.25. The summed E-state index contributed by atoms with van der Waals surface area (Å²) in [6, 6.07) is 10.2. The van der Waals surface area contributed by atoms with Crippen LogP contribution in [0.4, 0.5) is 0 Å². The molecule has 0 atom stereocenters. The fourth-order valence-corrected chi connectivity index (χ4v) is 1.87. The lowest BCUT2D eigenvalue weighted by Crippen LogP contribution is -1.96. The molecule has 2 aromatic rings. The maximum absolute atomic E-state index is 10.6. The second-order valence-electron chi connectivity index (χ2n) is 4.15. The number of carbonyl (C=O) groups excluding carboxylic acids is 1. The fraction of sp³-hybridized carbons (Fsp3) is 0.188. The molecule has 0 heterocycles. The molecule has 0 fully saturated rings. The van der Waals surface area contributed by atoms with E-state index in [0.717, 1.165) is 6.29 Å². The molecule has 0 N–H and O–H groups in total. The highest BCUT2D eigenvalue weighted by Gasteiger charge is 2.14. The molecule has 0 aliphatic carbocycles. The molecule has 2 rings (SSSR count). The predicted octanol–water partition coefficient (Wildman–Crippen LogP) is 3.32. The molecule has 0 aromatic heterocycles. The normalized spacial score (nSPS) is 9.86. The number of methoxy groups -OCH3 is 3. The van der Waals surface area contributed by atoms with Gasteiger partial charge in [0.25, 0.3) is 0 Å². The van der Waals surface area contributed by atoms with Crippen molar-refractivity contribution >= 4 is 6.29 Å². The minimum Gasteiger partial charge on any atom is -0.493 e. The lowest BCUT2D eigenvalue weighted by Gasteiger charge is -2.14. The van der Waals surface area contributed by atoms with Gasteiger partial charge in [-0.1, -0.05) is 0 Å². The first-order chi connectivity index (χ1) is 10.2. The zero-order valence-electron chi connectivity index (χ0n) is 12.1. The van der Waals surface area contributed by atoms with E-state index in [2.05, 4.69) is 0 Å². The van der Waals surface area contributed by atoms with Crippen LogP contribution >= 0.6 is 0 Å². The molecule has 0 bridgehead atoms. The van der Waals surface area contributed by atoms with Gasteiger partial charge in [0.2, 0.25) is 5.75 Å². The van der Waals surface area contributed by atoms with Gasteiger partial charge in [-0.2, -0.15) is 0 Å². The van der Waals surface area contributed by atoms with Gasteiger partial charge in [-0.3, -0.25) is 4.79 Å². The number of benzene rings is 2. The Bertz CT molecular complexity index is 594. The van der Waals surface area contributed by atoms with Gasteiger partial charge >= 0.3 is 0 Å². The summed E-state index contributed by atoms with van der Waals surface area (Å²) in [6.07, 6.45) is 0.781. The van der Waals surface area contributed by atoms with Crippen molar-refractivity contribution < 1.29 is 23.7 Å². The number of aldehydes is 1. The van der Waals surface area contributed by atoms with Crippen LogP contribution in [0.25, 0.3) is 0 Å². The largest absolute Gasteiger partial charge is 0.493 e. The van der Waals surface area contributed by atoms with Crippen molar-refractivity contribution in [2.24, 2.45) is 0 Å². The standard InChI is InChI=1S/C16H16O5/c1-18-14-8-13(9-15(19-2)16(14)20-3)21-12-6-4-11(10-17)5-7-12/h4-10H,1-3H3. The monoisotopic (exact) mass is 288 g/mol. The zero-order valence-corrected chi connectivity index (χ0v) is 12.1. The molecule has 0 aliphatic heterocycles. The van der Waals surface area contributed by atoms with E-state index in [-0.39, 0.29) is 0 Å². The predicted molar refractivity (Wildman–Crippen MR) is 78.0 cm³/mol. The average molecular weight is 288 g/mol. The van der Waals surface area contributed by atoms with E-state index in [4.69, 9.17) is 18.9 Å². The summed E-state index contributed by atoms with van der Waals surface area (Å²) in [6.45, 7) is 0. The highest BCUT2D eigenvalue weighted by atomic mass is 16.5. The van der Waals surface area contributed by atoms with Gasteiger partial charge in [-0.25, -0.2) is 0 Å². The van der Waals surface area contributed by atoms with Crippen LogP contribution in [0.3, 0.4) is 0 Å². The molecule has 0 saturated carbocycles. The lowest BCUT2D eigenvalue weighted by molar-refractivity contribution is 0.112. The minimum atomic E-state index is 0.503. The summed E-state index contributed by atoms with van der Waals surface area (Å²) in [5.41, 5.74) is 0.590. The van der Waals surface area contributed by atoms with Crippen LogP contribution in [0.1, 0.15) is 10.4 Å². The third kappa shape index (κ3) is 3.25. The van der Waals surface area contributed by atoms with Crippen LogP contribution in [0.5, 0.6) is 28.7 Å². The van der Waals surface area contributed by atoms with E-state index in [1.807, 2.05) is 0 Å². The molecule has 0 saturated heterocycles. The first kappa shape index (κ1) is 14.7. The number of hydrogen-bond donors (Lipinski definition) is 0. The Kier molecular flexibility index (Phi) is 4.66. The molecule has 110 valence electrons. The minimum absolute atomic E-state index is 0.503. The summed E-state index contributed by atoms with van der Waals surface area (Å²) in [5, 5.41) is 0. The molecule has 0 radical (unpaired) electrons. The number of hydrogen-bond acceptors (Lipinski definition) is 5. The maximum Gasteiger partial charge on any atom is 0.203 e. The van der Waals surface area contributed by atoms with E-state index in [1.165, 1.54) is 0 Å². The molecule has 0 spiro atoms. The van der Waals surface area contributed by atoms with Crippen molar-refractivity contribution in [3.63, 3.8) is 0 Å². The van der Waals surface area contributed by atoms with Gasteiger partial charge in [-0.05, 0) is 24.3 Å². The topological polar surface area (TPSA) is 54.0 Å². The summed E-state index contributed by atoms with van der Waals surface area (Å²) in [4.78, 5) is 10.6. The molecule has 0 amide bonds. The summed E-state index contributed by atoms with van der Waals surface area (Å²) >= 11 is 0. The highest BCUT2D eigenvalue weighted by Crippen LogP contribution is 2.41. The average Bonchev–Trinajstić information content (AvgIpc) is 2.54. The Balaban J connectivity index is 2.32. The van der Waals surface area contributed by atoms with Gasteiger partial charge in [0.1, 0.15) is 17.8 Å². The number of rotatable bonds is 6. The smallest absolute Gasteiger partial charge is 0.203 e. The van der Waals surface area contributed by atoms with Crippen molar-refractivity contribution in [3.05, 3.63) is 42.0 Å². The third-order valence-electron chi connectivity index (χ3n) is 2.89. The summed E-state index contributed by atoms with van der Waals surface area (Å²) < 4.78 is 21.5. The van der Waals surface area contributed by atoms with Crippen LogP contribution < -0.4 is 18.9 Å². The van der Waals surface area contributed by atoms with Crippen molar-refractivity contribution in [2.45, 2.75) is 0 Å². The Morgan fingerprint density at radius 1 is 0.810 bits per heavy atom. The molecular formula is C16H16O5. The van der Waals surface area contributed by atoms with Gasteiger partial charge in [0.05, 0.1) is 21.3 Å². The molecule has 0 unspecified atom stereocenters. The summed E-state index contributed by atoms with van der Waals surface area (Å²) in [7, 11) is 4.62. The van der Waals surface area contributed by atoms with E-state index in [1.54, 1.807) is 57.7 Å². The first-order valence-corrected chi connectivity index (χ1v) is 6.25. The van der Waals surface area contributed by atoms with E-state index >= 15 is 0 Å². The highest BCUT2D eigenvalue weighted by molar-refractivity contribution is 5.74. The third-order valence-corrected chi connectivity index (χ3v) is 2.89. The number of carbonyl (C=O) groups is 1. The Morgan fingerprint density at radius 2 is 1.38 bits per heavy atom. The zero-order chi connectivity index (χ0) is 15.2. The summed E-state index contributed by atoms with van der Waals surface area (Å²) in [5.74, 6) is 2.68. The molecule has 2 aromatic carbocycles. The Labute approximate surface area is 123 Å². The van der Waals surface area contributed by atoms with Crippen molar-refractivity contribution in [1.29, 1.82) is 0 Å². The molecule has 21 heavy (non-hydrogen) atoms. The Hall–Kier alpha value is -2.69. The molecule has 5 nitrogen and oxygen atoms in total. The van der Waals surface area contributed by atoms with Crippen LogP contribution in [0.2, 0.25) is 0 Å². The van der Waals surface area contributed by atoms with Crippen molar-refractivity contribution in [1.82, 2.24) is 0 Å². The van der Waals surface area contributed by atoms with Gasteiger partial charge in [0, 0.05) is 17.7 Å². The second-order valence-corrected chi connectivity index (χ2v) is 4.15.